The molecule has 0 heterocycles. The van der Waals surface area contributed by atoms with Gasteiger partial charge < -0.3 is 14.4 Å². The molecule has 0 aliphatic heterocycles. The largest absolute Gasteiger partial charge is 0.475 e. The van der Waals surface area contributed by atoms with Crippen LogP contribution in [-0.4, -0.2) is 36.6 Å². The summed E-state index contributed by atoms with van der Waals surface area (Å²) < 4.78 is 22.9. The lowest BCUT2D eigenvalue weighted by Crippen LogP contribution is -2.35. The molecule has 142 valence electrons. The van der Waals surface area contributed by atoms with E-state index in [2.05, 4.69) is 0 Å². The zero-order chi connectivity index (χ0) is 19.8. The van der Waals surface area contributed by atoms with Gasteiger partial charge in [0.25, 0.3) is 5.91 Å². The summed E-state index contributed by atoms with van der Waals surface area (Å²) >= 11 is 0. The van der Waals surface area contributed by atoms with E-state index in [1.54, 1.807) is 6.92 Å². The molecule has 0 saturated carbocycles. The fourth-order valence-corrected chi connectivity index (χ4v) is 2.25. The minimum atomic E-state index is -0.850. The molecular formula is C18H17FN2O6. The Bertz CT molecular complexity index is 825. The first-order valence-corrected chi connectivity index (χ1v) is 8.00. The number of nitrogens with zero attached hydrogens (tertiary/aromatic N) is 2. The van der Waals surface area contributed by atoms with Crippen molar-refractivity contribution in [2.24, 2.45) is 0 Å². The summed E-state index contributed by atoms with van der Waals surface area (Å²) in [6.45, 7) is 0.903. The topological polar surface area (TPSA) is 99.0 Å². The minimum absolute atomic E-state index is 0.0766. The smallest absolute Gasteiger partial charge is 0.344 e. The molecule has 2 aromatic carbocycles. The van der Waals surface area contributed by atoms with Crippen molar-refractivity contribution in [2.45, 2.75) is 6.92 Å². The molecule has 1 amide bonds. The highest BCUT2D eigenvalue weighted by molar-refractivity contribution is 5.95. The van der Waals surface area contributed by atoms with E-state index >= 15 is 0 Å². The van der Waals surface area contributed by atoms with E-state index in [9.17, 15) is 24.1 Å². The molecule has 0 aliphatic rings. The summed E-state index contributed by atoms with van der Waals surface area (Å²) in [5.41, 5.74) is 0.186. The zero-order valence-corrected chi connectivity index (χ0v) is 14.5. The van der Waals surface area contributed by atoms with E-state index in [1.807, 2.05) is 0 Å². The standard InChI is InChI=1S/C18H17FN2O6/c1-2-20(14-9-7-13(19)8-10-14)17(22)11-27-18(23)12-26-16-6-4-3-5-15(16)21(24)25/h3-10H,2,11-12H2,1H3. The van der Waals surface area contributed by atoms with Crippen LogP contribution in [0.3, 0.4) is 0 Å². The van der Waals surface area contributed by atoms with Gasteiger partial charge in [0.05, 0.1) is 4.92 Å². The van der Waals surface area contributed by atoms with Crippen LogP contribution in [0.25, 0.3) is 0 Å². The molecule has 0 radical (unpaired) electrons. The number of esters is 1. The van der Waals surface area contributed by atoms with Crippen molar-refractivity contribution in [3.63, 3.8) is 0 Å². The van der Waals surface area contributed by atoms with Crippen LogP contribution in [0.2, 0.25) is 0 Å². The van der Waals surface area contributed by atoms with Gasteiger partial charge in [0, 0.05) is 18.3 Å². The Kier molecular flexibility index (Phi) is 6.81. The Morgan fingerprint density at radius 1 is 1.11 bits per heavy atom. The highest BCUT2D eigenvalue weighted by Crippen LogP contribution is 2.25. The fraction of sp³-hybridized carbons (Fsp3) is 0.222. The van der Waals surface area contributed by atoms with Gasteiger partial charge in [-0.2, -0.15) is 0 Å². The first-order valence-electron chi connectivity index (χ1n) is 8.00. The van der Waals surface area contributed by atoms with Gasteiger partial charge in [-0.3, -0.25) is 14.9 Å². The number of hydrogen-bond donors (Lipinski definition) is 0. The molecule has 0 atom stereocenters. The molecule has 2 aromatic rings. The second kappa shape index (κ2) is 9.27. The number of rotatable bonds is 8. The Labute approximate surface area is 154 Å². The van der Waals surface area contributed by atoms with E-state index in [4.69, 9.17) is 9.47 Å². The van der Waals surface area contributed by atoms with Gasteiger partial charge in [-0.15, -0.1) is 0 Å². The van der Waals surface area contributed by atoms with Gasteiger partial charge in [0.1, 0.15) is 5.82 Å². The molecule has 0 aliphatic carbocycles. The SMILES string of the molecule is CCN(C(=O)COC(=O)COc1ccccc1[N+](=O)[O-])c1ccc(F)cc1. The first-order chi connectivity index (χ1) is 12.9. The lowest BCUT2D eigenvalue weighted by molar-refractivity contribution is -0.385. The predicted molar refractivity (Wildman–Crippen MR) is 94.0 cm³/mol. The molecule has 0 spiro atoms. The molecule has 0 unspecified atom stereocenters. The predicted octanol–water partition coefficient (Wildman–Crippen LogP) is 2.71. The number of benzene rings is 2. The zero-order valence-electron chi connectivity index (χ0n) is 14.5. The molecule has 0 bridgehead atoms. The van der Waals surface area contributed by atoms with Crippen LogP contribution in [0.4, 0.5) is 15.8 Å². The number of likely N-dealkylation sites (N-methyl/N-ethyl adjacent to an activating group) is 1. The van der Waals surface area contributed by atoms with E-state index in [0.717, 1.165) is 0 Å². The molecular weight excluding hydrogens is 359 g/mol. The van der Waals surface area contributed by atoms with Crippen LogP contribution in [0.15, 0.2) is 48.5 Å². The average molecular weight is 376 g/mol. The monoisotopic (exact) mass is 376 g/mol. The third-order valence-corrected chi connectivity index (χ3v) is 3.52. The third-order valence-electron chi connectivity index (χ3n) is 3.52. The number of nitro groups is 1. The lowest BCUT2D eigenvalue weighted by Gasteiger charge is -2.20. The third kappa shape index (κ3) is 5.50. The molecule has 0 saturated heterocycles. The van der Waals surface area contributed by atoms with Crippen molar-refractivity contribution in [3.8, 4) is 5.75 Å². The van der Waals surface area contributed by atoms with Crippen molar-refractivity contribution in [1.82, 2.24) is 0 Å². The Balaban J connectivity index is 1.88. The maximum atomic E-state index is 13.0. The number of para-hydroxylation sites is 2. The highest BCUT2D eigenvalue weighted by Gasteiger charge is 2.18. The molecule has 0 N–H and O–H groups in total. The normalized spacial score (nSPS) is 10.1. The van der Waals surface area contributed by atoms with Crippen LogP contribution in [0.1, 0.15) is 6.92 Å². The lowest BCUT2D eigenvalue weighted by atomic mass is 10.2. The summed E-state index contributed by atoms with van der Waals surface area (Å²) in [5, 5.41) is 10.9. The van der Waals surface area contributed by atoms with E-state index in [0.29, 0.717) is 12.2 Å². The summed E-state index contributed by atoms with van der Waals surface area (Å²) in [7, 11) is 0. The number of ether oxygens (including phenoxy) is 2. The highest BCUT2D eigenvalue weighted by atomic mass is 19.1. The summed E-state index contributed by atoms with van der Waals surface area (Å²) in [4.78, 5) is 35.5. The van der Waals surface area contributed by atoms with Crippen LogP contribution >= 0.6 is 0 Å². The van der Waals surface area contributed by atoms with Crippen molar-refractivity contribution >= 4 is 23.3 Å². The van der Waals surface area contributed by atoms with Crippen LogP contribution in [-0.2, 0) is 14.3 Å². The van der Waals surface area contributed by atoms with E-state index in [-0.39, 0.29) is 11.4 Å². The molecule has 9 heteroatoms. The van der Waals surface area contributed by atoms with Gasteiger partial charge >= 0.3 is 11.7 Å². The number of amides is 1. The summed E-state index contributed by atoms with van der Waals surface area (Å²) in [5.74, 6) is -1.85. The Morgan fingerprint density at radius 3 is 2.41 bits per heavy atom. The molecule has 27 heavy (non-hydrogen) atoms. The van der Waals surface area contributed by atoms with Gasteiger partial charge in [-0.25, -0.2) is 9.18 Å². The van der Waals surface area contributed by atoms with Crippen molar-refractivity contribution in [1.29, 1.82) is 0 Å². The number of carbonyl (C=O) groups is 2. The maximum absolute atomic E-state index is 13.0. The molecule has 0 fully saturated rings. The molecule has 0 aromatic heterocycles. The Hall–Kier alpha value is -3.49. The van der Waals surface area contributed by atoms with Crippen LogP contribution < -0.4 is 9.64 Å². The van der Waals surface area contributed by atoms with Crippen molar-refractivity contribution in [3.05, 3.63) is 64.5 Å². The number of anilines is 1. The van der Waals surface area contributed by atoms with Gasteiger partial charge in [-0.1, -0.05) is 12.1 Å². The molecule has 8 nitrogen and oxygen atoms in total. The maximum Gasteiger partial charge on any atom is 0.344 e. The van der Waals surface area contributed by atoms with Gasteiger partial charge in [0.15, 0.2) is 19.0 Å². The second-order valence-corrected chi connectivity index (χ2v) is 5.29. The van der Waals surface area contributed by atoms with E-state index in [1.165, 1.54) is 53.4 Å². The number of hydrogen-bond acceptors (Lipinski definition) is 6. The summed E-state index contributed by atoms with van der Waals surface area (Å²) in [6, 6.07) is 10.9. The number of nitro benzene ring substituents is 1. The Morgan fingerprint density at radius 2 is 1.78 bits per heavy atom. The average Bonchev–Trinajstić information content (AvgIpc) is 2.67. The van der Waals surface area contributed by atoms with E-state index < -0.39 is 35.8 Å². The molecule has 2 rings (SSSR count). The van der Waals surface area contributed by atoms with Crippen molar-refractivity contribution < 1.29 is 28.4 Å². The second-order valence-electron chi connectivity index (χ2n) is 5.29. The van der Waals surface area contributed by atoms with Crippen LogP contribution in [0.5, 0.6) is 5.75 Å². The van der Waals surface area contributed by atoms with Crippen molar-refractivity contribution in [2.75, 3.05) is 24.7 Å². The summed E-state index contributed by atoms with van der Waals surface area (Å²) in [6.07, 6.45) is 0. The number of carbonyl (C=O) groups excluding carboxylic acids is 2. The number of halogens is 1. The van der Waals surface area contributed by atoms with Gasteiger partial charge in [-0.05, 0) is 37.3 Å². The fourth-order valence-electron chi connectivity index (χ4n) is 2.25. The first kappa shape index (κ1) is 19.8. The van der Waals surface area contributed by atoms with Crippen LogP contribution in [0, 0.1) is 15.9 Å². The minimum Gasteiger partial charge on any atom is -0.475 e. The quantitative estimate of drug-likeness (QED) is 0.399. The van der Waals surface area contributed by atoms with Gasteiger partial charge in [0.2, 0.25) is 0 Å².